The fourth-order valence-electron chi connectivity index (χ4n) is 2.73. The number of rotatable bonds is 5. The molecule has 2 aromatic rings. The Kier molecular flexibility index (Phi) is 6.23. The van der Waals surface area contributed by atoms with E-state index in [1.807, 2.05) is 0 Å². The van der Waals surface area contributed by atoms with E-state index >= 15 is 0 Å². The maximum absolute atomic E-state index is 12.7. The van der Waals surface area contributed by atoms with Crippen molar-refractivity contribution >= 4 is 17.5 Å². The van der Waals surface area contributed by atoms with Gasteiger partial charge in [0.2, 0.25) is 0 Å². The molecule has 1 amide bonds. The molecule has 28 heavy (non-hydrogen) atoms. The third kappa shape index (κ3) is 5.48. The summed E-state index contributed by atoms with van der Waals surface area (Å²) in [7, 11) is 0. The summed E-state index contributed by atoms with van der Waals surface area (Å²) >= 11 is 5.80. The minimum Gasteiger partial charge on any atom is -0.484 e. The Balaban J connectivity index is 1.55. The van der Waals surface area contributed by atoms with Crippen molar-refractivity contribution < 1.29 is 27.4 Å². The van der Waals surface area contributed by atoms with Crippen molar-refractivity contribution in [2.45, 2.75) is 25.1 Å². The Labute approximate surface area is 164 Å². The molecule has 0 bridgehead atoms. The van der Waals surface area contributed by atoms with Gasteiger partial charge in [0.1, 0.15) is 11.9 Å². The van der Waals surface area contributed by atoms with Crippen LogP contribution in [0.2, 0.25) is 5.02 Å². The summed E-state index contributed by atoms with van der Waals surface area (Å²) in [5, 5.41) is 0.562. The van der Waals surface area contributed by atoms with Crippen LogP contribution in [0.4, 0.5) is 13.2 Å². The number of benzene rings is 1. The van der Waals surface area contributed by atoms with E-state index < -0.39 is 18.0 Å². The molecule has 0 aliphatic carbocycles. The van der Waals surface area contributed by atoms with E-state index in [-0.39, 0.29) is 25.1 Å². The number of piperidine rings is 1. The van der Waals surface area contributed by atoms with Crippen LogP contribution in [0.1, 0.15) is 18.5 Å². The molecule has 1 aliphatic heterocycles. The van der Waals surface area contributed by atoms with E-state index in [9.17, 15) is 18.0 Å². The number of hydrogen-bond acceptors (Lipinski definition) is 5. The van der Waals surface area contributed by atoms with Crippen molar-refractivity contribution in [2.24, 2.45) is 0 Å². The van der Waals surface area contributed by atoms with Gasteiger partial charge in [-0.3, -0.25) is 4.79 Å². The van der Waals surface area contributed by atoms with E-state index in [4.69, 9.17) is 21.1 Å². The lowest BCUT2D eigenvalue weighted by molar-refractivity contribution is -0.141. The molecule has 1 unspecified atom stereocenters. The van der Waals surface area contributed by atoms with Crippen LogP contribution in [0.25, 0.3) is 0 Å². The highest BCUT2D eigenvalue weighted by atomic mass is 35.5. The molecular weight excluding hydrogens is 399 g/mol. The first-order valence-corrected chi connectivity index (χ1v) is 8.92. The molecular formula is C18H17ClF3N3O3. The fraction of sp³-hybridized carbons (Fsp3) is 0.389. The van der Waals surface area contributed by atoms with Gasteiger partial charge >= 0.3 is 12.2 Å². The minimum atomic E-state index is -4.57. The van der Waals surface area contributed by atoms with Gasteiger partial charge in [-0.15, -0.1) is 0 Å². The molecule has 3 rings (SSSR count). The Hall–Kier alpha value is -2.55. The quantitative estimate of drug-likeness (QED) is 0.746. The molecule has 1 saturated heterocycles. The molecule has 1 aromatic heterocycles. The van der Waals surface area contributed by atoms with Crippen molar-refractivity contribution in [3.8, 4) is 11.8 Å². The van der Waals surface area contributed by atoms with Gasteiger partial charge in [0.25, 0.3) is 5.91 Å². The van der Waals surface area contributed by atoms with Crippen LogP contribution in [0.3, 0.4) is 0 Å². The monoisotopic (exact) mass is 415 g/mol. The van der Waals surface area contributed by atoms with E-state index in [0.29, 0.717) is 30.2 Å². The number of amides is 1. The maximum atomic E-state index is 12.7. The van der Waals surface area contributed by atoms with Crippen LogP contribution in [0, 0.1) is 0 Å². The number of ether oxygens (including phenoxy) is 2. The molecule has 1 atom stereocenters. The van der Waals surface area contributed by atoms with Gasteiger partial charge in [-0.1, -0.05) is 11.6 Å². The normalized spacial score (nSPS) is 17.3. The van der Waals surface area contributed by atoms with Gasteiger partial charge in [0, 0.05) is 17.8 Å². The van der Waals surface area contributed by atoms with Crippen LogP contribution >= 0.6 is 11.6 Å². The van der Waals surface area contributed by atoms with Crippen molar-refractivity contribution in [1.29, 1.82) is 0 Å². The number of halogens is 4. The van der Waals surface area contributed by atoms with Crippen molar-refractivity contribution in [3.63, 3.8) is 0 Å². The lowest BCUT2D eigenvalue weighted by Crippen LogP contribution is -2.46. The lowest BCUT2D eigenvalue weighted by Gasteiger charge is -2.32. The highest BCUT2D eigenvalue weighted by Crippen LogP contribution is 2.28. The minimum absolute atomic E-state index is 0.158. The molecule has 10 heteroatoms. The summed E-state index contributed by atoms with van der Waals surface area (Å²) < 4.78 is 49.1. The highest BCUT2D eigenvalue weighted by molar-refractivity contribution is 6.30. The number of aromatic nitrogens is 2. The van der Waals surface area contributed by atoms with Crippen molar-refractivity contribution in [2.75, 3.05) is 19.7 Å². The topological polar surface area (TPSA) is 64.5 Å². The first kappa shape index (κ1) is 20.2. The molecule has 150 valence electrons. The van der Waals surface area contributed by atoms with Crippen LogP contribution in [0.5, 0.6) is 11.8 Å². The molecule has 0 N–H and O–H groups in total. The summed E-state index contributed by atoms with van der Waals surface area (Å²) in [4.78, 5) is 21.0. The third-order valence-electron chi connectivity index (χ3n) is 4.10. The Morgan fingerprint density at radius 2 is 2.00 bits per heavy atom. The molecule has 1 aliphatic rings. The second kappa shape index (κ2) is 8.64. The lowest BCUT2D eigenvalue weighted by atomic mass is 10.1. The first-order valence-electron chi connectivity index (χ1n) is 8.54. The van der Waals surface area contributed by atoms with Gasteiger partial charge in [-0.25, -0.2) is 4.98 Å². The Morgan fingerprint density at radius 1 is 1.25 bits per heavy atom. The molecule has 0 radical (unpaired) electrons. The summed E-state index contributed by atoms with van der Waals surface area (Å²) in [6.07, 6.45) is -2.83. The standard InChI is InChI=1S/C18H17ClF3N3O3/c19-12-3-5-13(6-4-12)27-11-16(26)25-9-1-2-14(10-25)28-17-23-8-7-15(24-17)18(20,21)22/h3-8,14H,1-2,9-11H2. The van der Waals surface area contributed by atoms with Crippen LogP contribution in [-0.2, 0) is 11.0 Å². The zero-order valence-corrected chi connectivity index (χ0v) is 15.4. The number of alkyl halides is 3. The fourth-order valence-corrected chi connectivity index (χ4v) is 2.86. The molecule has 6 nitrogen and oxygen atoms in total. The third-order valence-corrected chi connectivity index (χ3v) is 4.35. The van der Waals surface area contributed by atoms with Gasteiger partial charge in [-0.05, 0) is 43.2 Å². The zero-order chi connectivity index (χ0) is 20.1. The van der Waals surface area contributed by atoms with Crippen molar-refractivity contribution in [1.82, 2.24) is 14.9 Å². The van der Waals surface area contributed by atoms with Gasteiger partial charge in [-0.2, -0.15) is 18.2 Å². The average molecular weight is 416 g/mol. The SMILES string of the molecule is O=C(COc1ccc(Cl)cc1)N1CCCC(Oc2nccc(C(F)(F)F)n2)C1. The summed E-state index contributed by atoms with van der Waals surface area (Å²) in [6, 6.07) is 7.04. The molecule has 0 saturated carbocycles. The molecule has 1 aromatic carbocycles. The number of carbonyl (C=O) groups is 1. The zero-order valence-electron chi connectivity index (χ0n) is 14.7. The van der Waals surface area contributed by atoms with Crippen LogP contribution in [-0.4, -0.2) is 46.6 Å². The highest BCUT2D eigenvalue weighted by Gasteiger charge is 2.33. The van der Waals surface area contributed by atoms with Gasteiger partial charge in [0.05, 0.1) is 6.54 Å². The average Bonchev–Trinajstić information content (AvgIpc) is 2.67. The van der Waals surface area contributed by atoms with Crippen molar-refractivity contribution in [3.05, 3.63) is 47.2 Å². The summed E-state index contributed by atoms with van der Waals surface area (Å²) in [5.41, 5.74) is -1.07. The Morgan fingerprint density at radius 3 is 2.71 bits per heavy atom. The summed E-state index contributed by atoms with van der Waals surface area (Å²) in [6.45, 7) is 0.586. The number of carbonyl (C=O) groups excluding carboxylic acids is 1. The summed E-state index contributed by atoms with van der Waals surface area (Å²) in [5.74, 6) is 0.271. The molecule has 0 spiro atoms. The predicted molar refractivity (Wildman–Crippen MR) is 94.2 cm³/mol. The second-order valence-corrected chi connectivity index (χ2v) is 6.62. The molecule has 1 fully saturated rings. The molecule has 2 heterocycles. The largest absolute Gasteiger partial charge is 0.484 e. The van der Waals surface area contributed by atoms with Gasteiger partial charge < -0.3 is 14.4 Å². The Bertz CT molecular complexity index is 818. The first-order chi connectivity index (χ1) is 13.3. The van der Waals surface area contributed by atoms with Crippen LogP contribution < -0.4 is 9.47 Å². The maximum Gasteiger partial charge on any atom is 0.433 e. The number of nitrogens with zero attached hydrogens (tertiary/aromatic N) is 3. The predicted octanol–water partition coefficient (Wildman–Crippen LogP) is 3.60. The number of likely N-dealkylation sites (tertiary alicyclic amines) is 1. The smallest absolute Gasteiger partial charge is 0.433 e. The van der Waals surface area contributed by atoms with E-state index in [1.54, 1.807) is 29.2 Å². The van der Waals surface area contributed by atoms with E-state index in [2.05, 4.69) is 9.97 Å². The van der Waals surface area contributed by atoms with Crippen LogP contribution in [0.15, 0.2) is 36.5 Å². The van der Waals surface area contributed by atoms with Gasteiger partial charge in [0.15, 0.2) is 12.3 Å². The number of hydrogen-bond donors (Lipinski definition) is 0. The van der Waals surface area contributed by atoms with E-state index in [1.165, 1.54) is 0 Å². The second-order valence-electron chi connectivity index (χ2n) is 6.19. The van der Waals surface area contributed by atoms with E-state index in [0.717, 1.165) is 12.3 Å².